The van der Waals surface area contributed by atoms with Gasteiger partial charge >= 0.3 is 0 Å². The number of nitrogens with one attached hydrogen (secondary N) is 1. The summed E-state index contributed by atoms with van der Waals surface area (Å²) in [4.78, 5) is 0. The third kappa shape index (κ3) is 2.27. The minimum atomic E-state index is -0.453. The lowest BCUT2D eigenvalue weighted by Gasteiger charge is -2.24. The Morgan fingerprint density at radius 2 is 1.64 bits per heavy atom. The van der Waals surface area contributed by atoms with Crippen LogP contribution in [-0.4, -0.2) is 35.5 Å². The van der Waals surface area contributed by atoms with E-state index < -0.39 is 5.60 Å². The molecule has 14 heavy (non-hydrogen) atoms. The highest BCUT2D eigenvalue weighted by Gasteiger charge is 2.42. The fourth-order valence-corrected chi connectivity index (χ4v) is 2.34. The maximum absolute atomic E-state index is 10.1. The molecule has 2 fully saturated rings. The summed E-state index contributed by atoms with van der Waals surface area (Å²) in [6.07, 6.45) is 6.45. The van der Waals surface area contributed by atoms with Crippen LogP contribution in [-0.2, 0) is 0 Å². The Morgan fingerprint density at radius 1 is 1.00 bits per heavy atom. The maximum atomic E-state index is 10.1. The van der Waals surface area contributed by atoms with Crippen LogP contribution < -0.4 is 5.32 Å². The van der Waals surface area contributed by atoms with Gasteiger partial charge in [-0.1, -0.05) is 12.8 Å². The Bertz CT molecular complexity index is 195. The predicted octanol–water partition coefficient (Wildman–Crippen LogP) is 0.654. The van der Waals surface area contributed by atoms with Gasteiger partial charge in [0.05, 0.1) is 5.60 Å². The molecule has 2 aliphatic carbocycles. The van der Waals surface area contributed by atoms with Gasteiger partial charge in [-0.05, 0) is 25.7 Å². The molecule has 2 saturated carbocycles. The molecule has 0 aromatic rings. The van der Waals surface area contributed by atoms with Gasteiger partial charge in [0, 0.05) is 25.1 Å². The first-order valence-electron chi connectivity index (χ1n) is 5.72. The zero-order valence-electron chi connectivity index (χ0n) is 8.76. The highest BCUT2D eigenvalue weighted by Crippen LogP contribution is 2.44. The van der Waals surface area contributed by atoms with E-state index in [1.54, 1.807) is 0 Å². The summed E-state index contributed by atoms with van der Waals surface area (Å²) in [5.41, 5.74) is -0.291. The van der Waals surface area contributed by atoms with E-state index in [0.717, 1.165) is 45.1 Å². The average Bonchev–Trinajstić information content (AvgIpc) is 2.83. The van der Waals surface area contributed by atoms with Gasteiger partial charge in [-0.3, -0.25) is 0 Å². The van der Waals surface area contributed by atoms with Crippen molar-refractivity contribution >= 4 is 0 Å². The fraction of sp³-hybridized carbons (Fsp3) is 1.00. The van der Waals surface area contributed by atoms with E-state index in [4.69, 9.17) is 5.11 Å². The van der Waals surface area contributed by atoms with Gasteiger partial charge in [0.25, 0.3) is 0 Å². The van der Waals surface area contributed by atoms with Crippen molar-refractivity contribution in [1.82, 2.24) is 5.32 Å². The van der Waals surface area contributed by atoms with E-state index in [1.165, 1.54) is 0 Å². The summed E-state index contributed by atoms with van der Waals surface area (Å²) in [6, 6.07) is 0. The van der Waals surface area contributed by atoms with Crippen molar-refractivity contribution in [2.75, 3.05) is 19.7 Å². The first kappa shape index (κ1) is 10.4. The lowest BCUT2D eigenvalue weighted by molar-refractivity contribution is 0.0454. The van der Waals surface area contributed by atoms with Crippen LogP contribution in [0.1, 0.15) is 38.5 Å². The molecule has 0 bridgehead atoms. The first-order chi connectivity index (χ1) is 6.68. The summed E-state index contributed by atoms with van der Waals surface area (Å²) in [5, 5.41) is 22.5. The largest absolute Gasteiger partial charge is 0.396 e. The minimum absolute atomic E-state index is 0.162. The molecular formula is C11H21NO2. The smallest absolute Gasteiger partial charge is 0.0771 e. The van der Waals surface area contributed by atoms with Crippen LogP contribution >= 0.6 is 0 Å². The van der Waals surface area contributed by atoms with Crippen LogP contribution in [0, 0.1) is 5.41 Å². The van der Waals surface area contributed by atoms with Crippen LogP contribution in [0.4, 0.5) is 0 Å². The van der Waals surface area contributed by atoms with Crippen molar-refractivity contribution in [3.8, 4) is 0 Å². The van der Waals surface area contributed by atoms with Crippen LogP contribution in [0.3, 0.4) is 0 Å². The number of aliphatic hydroxyl groups excluding tert-OH is 1. The zero-order chi connectivity index (χ0) is 10.1. The number of hydrogen-bond acceptors (Lipinski definition) is 3. The molecule has 0 aromatic carbocycles. The van der Waals surface area contributed by atoms with Gasteiger partial charge in [0.15, 0.2) is 0 Å². The summed E-state index contributed by atoms with van der Waals surface area (Å²) >= 11 is 0. The highest BCUT2D eigenvalue weighted by molar-refractivity contribution is 4.95. The van der Waals surface area contributed by atoms with Crippen molar-refractivity contribution < 1.29 is 10.2 Å². The van der Waals surface area contributed by atoms with E-state index in [0.29, 0.717) is 13.2 Å². The van der Waals surface area contributed by atoms with Gasteiger partial charge < -0.3 is 15.5 Å². The van der Waals surface area contributed by atoms with Crippen LogP contribution in [0.25, 0.3) is 0 Å². The van der Waals surface area contributed by atoms with Crippen LogP contribution in [0.15, 0.2) is 0 Å². The van der Waals surface area contributed by atoms with Crippen molar-refractivity contribution in [2.45, 2.75) is 44.1 Å². The molecule has 2 rings (SSSR count). The van der Waals surface area contributed by atoms with Gasteiger partial charge in [0.2, 0.25) is 0 Å². The fourth-order valence-electron chi connectivity index (χ4n) is 2.34. The van der Waals surface area contributed by atoms with Gasteiger partial charge in [-0.25, -0.2) is 0 Å². The quantitative estimate of drug-likeness (QED) is 0.609. The summed E-state index contributed by atoms with van der Waals surface area (Å²) in [7, 11) is 0. The Labute approximate surface area is 85.5 Å². The molecule has 0 unspecified atom stereocenters. The topological polar surface area (TPSA) is 52.5 Å². The molecule has 0 amide bonds. The van der Waals surface area contributed by atoms with E-state index in [-0.39, 0.29) is 5.41 Å². The third-order valence-corrected chi connectivity index (χ3v) is 3.78. The molecule has 0 heterocycles. The van der Waals surface area contributed by atoms with Crippen molar-refractivity contribution in [1.29, 1.82) is 0 Å². The van der Waals surface area contributed by atoms with Crippen molar-refractivity contribution in [3.63, 3.8) is 0 Å². The molecule has 0 atom stereocenters. The lowest BCUT2D eigenvalue weighted by Crippen LogP contribution is -2.40. The predicted molar refractivity (Wildman–Crippen MR) is 55.0 cm³/mol. The zero-order valence-corrected chi connectivity index (χ0v) is 8.76. The van der Waals surface area contributed by atoms with Gasteiger partial charge in [-0.15, -0.1) is 0 Å². The molecule has 3 nitrogen and oxygen atoms in total. The molecule has 2 aliphatic rings. The van der Waals surface area contributed by atoms with Gasteiger partial charge in [0.1, 0.15) is 0 Å². The van der Waals surface area contributed by atoms with Crippen molar-refractivity contribution in [2.24, 2.45) is 5.41 Å². The molecule has 3 N–H and O–H groups in total. The van der Waals surface area contributed by atoms with E-state index in [2.05, 4.69) is 5.32 Å². The number of aliphatic hydroxyl groups is 2. The molecule has 82 valence electrons. The number of rotatable bonds is 5. The van der Waals surface area contributed by atoms with Crippen LogP contribution in [0.2, 0.25) is 0 Å². The second-order valence-corrected chi connectivity index (χ2v) is 5.19. The van der Waals surface area contributed by atoms with E-state index in [1.807, 2.05) is 0 Å². The first-order valence-corrected chi connectivity index (χ1v) is 5.72. The average molecular weight is 199 g/mol. The molecule has 0 radical (unpaired) electrons. The lowest BCUT2D eigenvalue weighted by atomic mass is 10.0. The molecule has 0 saturated heterocycles. The van der Waals surface area contributed by atoms with E-state index in [9.17, 15) is 5.11 Å². The Kier molecular flexibility index (Phi) is 2.82. The molecular weight excluding hydrogens is 178 g/mol. The molecule has 0 spiro atoms. The Balaban J connectivity index is 1.67. The number of hydrogen-bond donors (Lipinski definition) is 3. The Hall–Kier alpha value is -0.120. The third-order valence-electron chi connectivity index (χ3n) is 3.78. The van der Waals surface area contributed by atoms with Crippen LogP contribution in [0.5, 0.6) is 0 Å². The summed E-state index contributed by atoms with van der Waals surface area (Å²) in [5.74, 6) is 0. The SMILES string of the molecule is OCC1(CNCC2(O)CCCC2)CC1. The highest BCUT2D eigenvalue weighted by atomic mass is 16.3. The molecule has 3 heteroatoms. The molecule has 0 aliphatic heterocycles. The standard InChI is InChI=1S/C11H21NO2/c13-9-10(5-6-10)7-12-8-11(14)3-1-2-4-11/h12-14H,1-9H2. The second kappa shape index (κ2) is 3.80. The summed E-state index contributed by atoms with van der Waals surface area (Å²) < 4.78 is 0. The second-order valence-electron chi connectivity index (χ2n) is 5.19. The van der Waals surface area contributed by atoms with E-state index >= 15 is 0 Å². The Morgan fingerprint density at radius 3 is 2.14 bits per heavy atom. The minimum Gasteiger partial charge on any atom is -0.396 e. The monoisotopic (exact) mass is 199 g/mol. The normalized spacial score (nSPS) is 27.9. The maximum Gasteiger partial charge on any atom is 0.0771 e. The molecule has 0 aromatic heterocycles. The van der Waals surface area contributed by atoms with Crippen molar-refractivity contribution in [3.05, 3.63) is 0 Å². The van der Waals surface area contributed by atoms with Gasteiger partial charge in [-0.2, -0.15) is 0 Å². The summed E-state index contributed by atoms with van der Waals surface area (Å²) in [6.45, 7) is 1.86.